The molecule has 3 aromatic rings. The van der Waals surface area contributed by atoms with Crippen molar-refractivity contribution in [1.29, 1.82) is 0 Å². The number of Topliss-reactive ketones (excluding diaryl/α,β-unsaturated/α-hetero) is 1. The van der Waals surface area contributed by atoms with Crippen molar-refractivity contribution in [2.75, 3.05) is 5.32 Å². The van der Waals surface area contributed by atoms with E-state index in [9.17, 15) is 19.2 Å². The summed E-state index contributed by atoms with van der Waals surface area (Å²) in [4.78, 5) is 51.0. The number of carbonyl (C=O) groups excluding carboxylic acids is 2. The average Bonchev–Trinajstić information content (AvgIpc) is 2.56. The molecule has 7 heteroatoms. The number of anilines is 1. The van der Waals surface area contributed by atoms with Gasteiger partial charge >= 0.3 is 11.1 Å². The summed E-state index contributed by atoms with van der Waals surface area (Å²) < 4.78 is 0. The largest absolute Gasteiger partial charge is 0.322 e. The minimum Gasteiger partial charge on any atom is -0.322 e. The number of nitrogens with one attached hydrogen (secondary N) is 3. The minimum absolute atomic E-state index is 0.0552. The van der Waals surface area contributed by atoms with E-state index in [0.29, 0.717) is 27.8 Å². The molecule has 0 saturated carbocycles. The molecule has 120 valence electrons. The van der Waals surface area contributed by atoms with Gasteiger partial charge in [0.15, 0.2) is 5.78 Å². The molecule has 0 unspecified atom stereocenters. The van der Waals surface area contributed by atoms with Crippen LogP contribution in [0.25, 0.3) is 11.0 Å². The summed E-state index contributed by atoms with van der Waals surface area (Å²) in [5.74, 6) is -0.431. The molecule has 1 heterocycles. The molecule has 0 aliphatic rings. The van der Waals surface area contributed by atoms with E-state index in [-0.39, 0.29) is 11.7 Å². The first-order valence-corrected chi connectivity index (χ1v) is 7.13. The van der Waals surface area contributed by atoms with Crippen LogP contribution in [-0.4, -0.2) is 21.7 Å². The number of fused-ring (bicyclic) bond motifs is 1. The van der Waals surface area contributed by atoms with Gasteiger partial charge in [0, 0.05) is 16.8 Å². The first kappa shape index (κ1) is 15.4. The van der Waals surface area contributed by atoms with Crippen LogP contribution in [0.4, 0.5) is 5.69 Å². The van der Waals surface area contributed by atoms with Crippen LogP contribution < -0.4 is 16.4 Å². The van der Waals surface area contributed by atoms with E-state index in [1.165, 1.54) is 19.1 Å². The molecule has 1 amide bonds. The fourth-order valence-electron chi connectivity index (χ4n) is 2.25. The molecular formula is C17H13N3O4. The third kappa shape index (κ3) is 3.00. The van der Waals surface area contributed by atoms with E-state index in [4.69, 9.17) is 0 Å². The normalized spacial score (nSPS) is 10.5. The highest BCUT2D eigenvalue weighted by atomic mass is 16.2. The molecule has 0 saturated heterocycles. The zero-order valence-corrected chi connectivity index (χ0v) is 12.7. The third-order valence-corrected chi connectivity index (χ3v) is 3.53. The first-order valence-electron chi connectivity index (χ1n) is 7.13. The summed E-state index contributed by atoms with van der Waals surface area (Å²) in [7, 11) is 0. The van der Waals surface area contributed by atoms with Crippen molar-refractivity contribution in [3.05, 3.63) is 74.3 Å². The number of benzene rings is 2. The first-order chi connectivity index (χ1) is 11.4. The van der Waals surface area contributed by atoms with Crippen molar-refractivity contribution in [2.45, 2.75) is 6.92 Å². The van der Waals surface area contributed by atoms with Crippen LogP contribution in [0.15, 0.2) is 52.1 Å². The highest BCUT2D eigenvalue weighted by molar-refractivity contribution is 6.06. The number of aromatic nitrogens is 2. The van der Waals surface area contributed by atoms with Gasteiger partial charge in [0.2, 0.25) is 0 Å². The molecule has 0 atom stereocenters. The summed E-state index contributed by atoms with van der Waals surface area (Å²) in [5, 5.41) is 2.70. The lowest BCUT2D eigenvalue weighted by molar-refractivity contribution is 0.101. The second-order valence-electron chi connectivity index (χ2n) is 5.26. The molecule has 0 radical (unpaired) electrons. The molecule has 7 nitrogen and oxygen atoms in total. The van der Waals surface area contributed by atoms with Gasteiger partial charge in [-0.15, -0.1) is 0 Å². The van der Waals surface area contributed by atoms with Crippen molar-refractivity contribution in [3.8, 4) is 0 Å². The molecular weight excluding hydrogens is 310 g/mol. The van der Waals surface area contributed by atoms with Gasteiger partial charge in [0.1, 0.15) is 0 Å². The lowest BCUT2D eigenvalue weighted by Gasteiger charge is -2.07. The minimum atomic E-state index is -0.778. The zero-order chi connectivity index (χ0) is 17.3. The van der Waals surface area contributed by atoms with Crippen LogP contribution in [0.2, 0.25) is 0 Å². The van der Waals surface area contributed by atoms with Crippen molar-refractivity contribution in [1.82, 2.24) is 9.97 Å². The Hall–Kier alpha value is -3.48. The van der Waals surface area contributed by atoms with Gasteiger partial charge in [0.05, 0.1) is 11.0 Å². The second-order valence-corrected chi connectivity index (χ2v) is 5.26. The Morgan fingerprint density at radius 1 is 0.833 bits per heavy atom. The Morgan fingerprint density at radius 3 is 2.04 bits per heavy atom. The predicted octanol–water partition coefficient (Wildman–Crippen LogP) is 1.67. The van der Waals surface area contributed by atoms with E-state index >= 15 is 0 Å². The molecule has 3 N–H and O–H groups in total. The topological polar surface area (TPSA) is 112 Å². The summed E-state index contributed by atoms with van der Waals surface area (Å²) in [6.45, 7) is 1.47. The molecule has 0 aliphatic carbocycles. The predicted molar refractivity (Wildman–Crippen MR) is 89.6 cm³/mol. The van der Waals surface area contributed by atoms with Crippen molar-refractivity contribution >= 4 is 28.4 Å². The van der Waals surface area contributed by atoms with Gasteiger partial charge in [-0.3, -0.25) is 19.2 Å². The lowest BCUT2D eigenvalue weighted by atomic mass is 10.1. The summed E-state index contributed by atoms with van der Waals surface area (Å²) >= 11 is 0. The maximum absolute atomic E-state index is 12.3. The number of H-pyrrole nitrogens is 2. The Bertz CT molecular complexity index is 1060. The van der Waals surface area contributed by atoms with Gasteiger partial charge in [-0.1, -0.05) is 0 Å². The van der Waals surface area contributed by atoms with E-state index in [0.717, 1.165) is 0 Å². The Labute approximate surface area is 135 Å². The van der Waals surface area contributed by atoms with E-state index < -0.39 is 11.1 Å². The fourth-order valence-corrected chi connectivity index (χ4v) is 2.25. The molecule has 0 bridgehead atoms. The van der Waals surface area contributed by atoms with Crippen molar-refractivity contribution in [2.24, 2.45) is 0 Å². The molecule has 3 rings (SSSR count). The van der Waals surface area contributed by atoms with Gasteiger partial charge in [0.25, 0.3) is 5.91 Å². The maximum atomic E-state index is 12.3. The Balaban J connectivity index is 1.88. The van der Waals surface area contributed by atoms with Crippen LogP contribution in [0, 0.1) is 0 Å². The fraction of sp³-hybridized carbons (Fsp3) is 0.0588. The maximum Gasteiger partial charge on any atom is 0.314 e. The van der Waals surface area contributed by atoms with Gasteiger partial charge < -0.3 is 15.3 Å². The van der Waals surface area contributed by atoms with E-state index in [1.807, 2.05) is 0 Å². The Kier molecular flexibility index (Phi) is 3.83. The smallest absolute Gasteiger partial charge is 0.314 e. The number of hydrogen-bond acceptors (Lipinski definition) is 4. The summed E-state index contributed by atoms with van der Waals surface area (Å²) in [5.41, 5.74) is 0.687. The van der Waals surface area contributed by atoms with Gasteiger partial charge in [-0.05, 0) is 49.4 Å². The number of rotatable bonds is 3. The highest BCUT2D eigenvalue weighted by Gasteiger charge is 2.09. The molecule has 1 aromatic heterocycles. The number of hydrogen-bond donors (Lipinski definition) is 3. The zero-order valence-electron chi connectivity index (χ0n) is 12.7. The molecule has 0 spiro atoms. The SMILES string of the molecule is CC(=O)c1ccc(NC(=O)c2ccc3[nH]c(=O)c(=O)[nH]c3c2)cc1. The summed E-state index contributed by atoms with van der Waals surface area (Å²) in [6, 6.07) is 11.1. The summed E-state index contributed by atoms with van der Waals surface area (Å²) in [6.07, 6.45) is 0. The van der Waals surface area contributed by atoms with Crippen LogP contribution in [0.5, 0.6) is 0 Å². The number of carbonyl (C=O) groups is 2. The number of ketones is 1. The van der Waals surface area contributed by atoms with Crippen LogP contribution in [-0.2, 0) is 0 Å². The molecule has 2 aromatic carbocycles. The van der Waals surface area contributed by atoms with Crippen LogP contribution >= 0.6 is 0 Å². The molecule has 0 fully saturated rings. The second kappa shape index (κ2) is 5.96. The van der Waals surface area contributed by atoms with Crippen LogP contribution in [0.3, 0.4) is 0 Å². The number of amides is 1. The average molecular weight is 323 g/mol. The third-order valence-electron chi connectivity index (χ3n) is 3.53. The standard InChI is InChI=1S/C17H13N3O4/c1-9(21)10-2-5-12(6-3-10)18-15(22)11-4-7-13-14(8-11)20-17(24)16(23)19-13/h2-8H,1H3,(H,18,22)(H,19,23)(H,20,24). The number of aromatic amines is 2. The van der Waals surface area contributed by atoms with E-state index in [1.54, 1.807) is 30.3 Å². The molecule has 0 aliphatic heterocycles. The quantitative estimate of drug-likeness (QED) is 0.503. The van der Waals surface area contributed by atoms with Crippen LogP contribution in [0.1, 0.15) is 27.6 Å². The highest BCUT2D eigenvalue weighted by Crippen LogP contribution is 2.14. The van der Waals surface area contributed by atoms with Gasteiger partial charge in [-0.2, -0.15) is 0 Å². The molecule has 24 heavy (non-hydrogen) atoms. The van der Waals surface area contributed by atoms with Crippen molar-refractivity contribution in [3.63, 3.8) is 0 Å². The monoisotopic (exact) mass is 323 g/mol. The lowest BCUT2D eigenvalue weighted by Crippen LogP contribution is -2.29. The van der Waals surface area contributed by atoms with Crippen molar-refractivity contribution < 1.29 is 9.59 Å². The van der Waals surface area contributed by atoms with Gasteiger partial charge in [-0.25, -0.2) is 0 Å². The van der Waals surface area contributed by atoms with E-state index in [2.05, 4.69) is 15.3 Å². The Morgan fingerprint density at radius 2 is 1.42 bits per heavy atom.